The fourth-order valence-corrected chi connectivity index (χ4v) is 8.77. The number of fused-ring (bicyclic) bond motifs is 6. The number of hydrogen-bond donors (Lipinski definition) is 5. The summed E-state index contributed by atoms with van der Waals surface area (Å²) in [5.41, 5.74) is 1.21. The fourth-order valence-electron chi connectivity index (χ4n) is 8.77. The second-order valence-electron chi connectivity index (χ2n) is 14.9. The monoisotopic (exact) mass is 674 g/mol. The van der Waals surface area contributed by atoms with Gasteiger partial charge < -0.3 is 20.2 Å². The van der Waals surface area contributed by atoms with Crippen LogP contribution in [0.25, 0.3) is 0 Å². The van der Waals surface area contributed by atoms with E-state index in [1.54, 1.807) is 0 Å². The van der Waals surface area contributed by atoms with E-state index in [1.165, 1.54) is 0 Å². The van der Waals surface area contributed by atoms with E-state index in [1.807, 2.05) is 18.0 Å². The molecule has 0 aromatic heterocycles. The summed E-state index contributed by atoms with van der Waals surface area (Å²) in [6.45, 7) is 4.96. The van der Waals surface area contributed by atoms with Crippen LogP contribution >= 0.6 is 0 Å². The molecule has 5 fully saturated rings. The minimum atomic E-state index is -4.81. The first-order valence-corrected chi connectivity index (χ1v) is 17.6. The summed E-state index contributed by atoms with van der Waals surface area (Å²) in [6.07, 6.45) is 6.04. The number of anilines is 2. The summed E-state index contributed by atoms with van der Waals surface area (Å²) in [6, 6.07) is 8.25. The van der Waals surface area contributed by atoms with Crippen molar-refractivity contribution in [2.45, 2.75) is 101 Å². The average Bonchev–Trinajstić information content (AvgIpc) is 3.34. The predicted octanol–water partition coefficient (Wildman–Crippen LogP) is 2.92. The molecule has 6 heterocycles. The van der Waals surface area contributed by atoms with Crippen molar-refractivity contribution in [1.29, 1.82) is 0 Å². The number of carbonyl (C=O) groups is 2. The largest absolute Gasteiger partial charge is 0.471 e. The van der Waals surface area contributed by atoms with Crippen LogP contribution in [0, 0.1) is 11.3 Å². The number of alkyl halides is 3. The Bertz CT molecular complexity index is 1360. The number of piperidine rings is 3. The fraction of sp³-hybridized carbons (Fsp3) is 0.706. The zero-order valence-electron chi connectivity index (χ0n) is 27.6. The standard InChI is InChI=1S/C34H49F3N8O3/c1-32(48)12-3-2-4-17-44-29(46)25-22-38-31(41-28(25)45(44)27-7-5-6-26(32)40-27)39-23-8-10-24(11-9-23)42-18-13-33(14-19-42)15-20-43(21-16-33)30(47)34(35,36)37/h2,4,8-11,25-28,31,38-41,48H,3,5-7,12-22H2,1H3. The maximum absolute atomic E-state index is 13.7. The van der Waals surface area contributed by atoms with E-state index >= 15 is 0 Å². The lowest BCUT2D eigenvalue weighted by atomic mass is 9.71. The lowest BCUT2D eigenvalue weighted by Crippen LogP contribution is -2.69. The third-order valence-electron chi connectivity index (χ3n) is 11.8. The average molecular weight is 675 g/mol. The molecule has 48 heavy (non-hydrogen) atoms. The van der Waals surface area contributed by atoms with E-state index in [0.717, 1.165) is 67.9 Å². The number of aliphatic hydroxyl groups is 1. The van der Waals surface area contributed by atoms with Crippen molar-refractivity contribution >= 4 is 23.2 Å². The molecule has 11 nitrogen and oxygen atoms in total. The van der Waals surface area contributed by atoms with E-state index in [-0.39, 0.29) is 55.0 Å². The molecule has 5 saturated heterocycles. The molecule has 7 rings (SSSR count). The van der Waals surface area contributed by atoms with Crippen LogP contribution in [0.2, 0.25) is 0 Å². The molecule has 264 valence electrons. The molecule has 1 spiro atoms. The predicted molar refractivity (Wildman–Crippen MR) is 175 cm³/mol. The smallest absolute Gasteiger partial charge is 0.389 e. The van der Waals surface area contributed by atoms with Crippen LogP contribution in [0.1, 0.15) is 64.7 Å². The number of hydrazine groups is 1. The van der Waals surface area contributed by atoms with Crippen molar-refractivity contribution < 1.29 is 27.9 Å². The molecule has 6 aliphatic heterocycles. The summed E-state index contributed by atoms with van der Waals surface area (Å²) in [5.74, 6) is -1.85. The Morgan fingerprint density at radius 3 is 2.40 bits per heavy atom. The van der Waals surface area contributed by atoms with Gasteiger partial charge in [-0.25, -0.2) is 0 Å². The zero-order valence-corrected chi connectivity index (χ0v) is 27.6. The molecule has 6 aliphatic rings. The normalized spacial score (nSPS) is 34.4. The topological polar surface area (TPSA) is 115 Å². The number of nitrogens with one attached hydrogen (secondary N) is 4. The molecular weight excluding hydrogens is 625 g/mol. The van der Waals surface area contributed by atoms with Gasteiger partial charge in [0.05, 0.1) is 30.4 Å². The first kappa shape index (κ1) is 33.6. The minimum absolute atomic E-state index is 0.0000651. The van der Waals surface area contributed by atoms with Crippen LogP contribution in [-0.2, 0) is 9.59 Å². The molecule has 6 unspecified atom stereocenters. The van der Waals surface area contributed by atoms with Gasteiger partial charge in [0.2, 0.25) is 5.91 Å². The summed E-state index contributed by atoms with van der Waals surface area (Å²) in [5, 5.41) is 29.7. The zero-order chi connectivity index (χ0) is 33.7. The van der Waals surface area contributed by atoms with E-state index in [4.69, 9.17) is 0 Å². The summed E-state index contributed by atoms with van der Waals surface area (Å²) < 4.78 is 38.6. The Morgan fingerprint density at radius 1 is 0.979 bits per heavy atom. The Morgan fingerprint density at radius 2 is 1.69 bits per heavy atom. The Balaban J connectivity index is 0.957. The van der Waals surface area contributed by atoms with Crippen molar-refractivity contribution in [3.8, 4) is 0 Å². The molecule has 0 saturated carbocycles. The van der Waals surface area contributed by atoms with Gasteiger partial charge in [-0.3, -0.25) is 30.5 Å². The molecule has 1 aromatic rings. The van der Waals surface area contributed by atoms with Gasteiger partial charge in [0.15, 0.2) is 0 Å². The van der Waals surface area contributed by atoms with Crippen molar-refractivity contribution in [3.63, 3.8) is 0 Å². The Hall–Kier alpha value is -2.91. The van der Waals surface area contributed by atoms with Crippen LogP contribution < -0.4 is 26.2 Å². The summed E-state index contributed by atoms with van der Waals surface area (Å²) in [7, 11) is 0. The number of halogens is 3. The van der Waals surface area contributed by atoms with E-state index in [9.17, 15) is 27.9 Å². The van der Waals surface area contributed by atoms with Crippen LogP contribution in [0.3, 0.4) is 0 Å². The van der Waals surface area contributed by atoms with E-state index < -0.39 is 17.7 Å². The van der Waals surface area contributed by atoms with Crippen molar-refractivity contribution in [3.05, 3.63) is 36.4 Å². The van der Waals surface area contributed by atoms with Crippen molar-refractivity contribution in [2.24, 2.45) is 11.3 Å². The molecule has 5 N–H and O–H groups in total. The number of hydrogen-bond acceptors (Lipinski definition) is 9. The molecular formula is C34H49F3N8O3. The molecule has 14 heteroatoms. The summed E-state index contributed by atoms with van der Waals surface area (Å²) >= 11 is 0. The number of nitrogens with zero attached hydrogens (tertiary/aromatic N) is 4. The van der Waals surface area contributed by atoms with Gasteiger partial charge in [-0.2, -0.15) is 18.2 Å². The van der Waals surface area contributed by atoms with Crippen molar-refractivity contribution in [1.82, 2.24) is 30.9 Å². The van der Waals surface area contributed by atoms with Gasteiger partial charge in [0.1, 0.15) is 6.29 Å². The highest BCUT2D eigenvalue weighted by atomic mass is 19.4. The van der Waals surface area contributed by atoms with Gasteiger partial charge in [0.25, 0.3) is 0 Å². The van der Waals surface area contributed by atoms with E-state index in [0.29, 0.717) is 32.4 Å². The Kier molecular flexibility index (Phi) is 9.16. The third-order valence-corrected chi connectivity index (χ3v) is 11.8. The molecule has 2 bridgehead atoms. The first-order valence-electron chi connectivity index (χ1n) is 17.6. The number of rotatable bonds is 3. The minimum Gasteiger partial charge on any atom is -0.389 e. The van der Waals surface area contributed by atoms with Crippen LogP contribution in [0.15, 0.2) is 36.4 Å². The lowest BCUT2D eigenvalue weighted by molar-refractivity contribution is -0.187. The quantitative estimate of drug-likeness (QED) is 0.309. The summed E-state index contributed by atoms with van der Waals surface area (Å²) in [4.78, 5) is 28.6. The SMILES string of the molecule is CC1(O)CCC=CCN2C(=O)C3CNC(Nc4ccc(N5CCC6(CCN(C(=O)C(F)(F)F)CC6)CC5)cc4)NC3N2C2CCCC1N2. The number of amides is 2. The highest BCUT2D eigenvalue weighted by Crippen LogP contribution is 2.43. The maximum atomic E-state index is 13.7. The van der Waals surface area contributed by atoms with Gasteiger partial charge in [-0.15, -0.1) is 0 Å². The molecule has 0 aliphatic carbocycles. The second-order valence-corrected chi connectivity index (χ2v) is 14.9. The molecule has 6 atom stereocenters. The molecule has 0 radical (unpaired) electrons. The van der Waals surface area contributed by atoms with Crippen LogP contribution in [-0.4, -0.2) is 108 Å². The van der Waals surface area contributed by atoms with E-state index in [2.05, 4.69) is 61.5 Å². The molecule has 2 amide bonds. The number of carbonyl (C=O) groups excluding carboxylic acids is 2. The third kappa shape index (κ3) is 6.66. The van der Waals surface area contributed by atoms with Crippen molar-refractivity contribution in [2.75, 3.05) is 49.5 Å². The first-order chi connectivity index (χ1) is 22.9. The van der Waals surface area contributed by atoms with Gasteiger partial charge in [-0.05, 0) is 94.4 Å². The molecule has 1 aromatic carbocycles. The highest BCUT2D eigenvalue weighted by molar-refractivity contribution is 5.82. The number of likely N-dealkylation sites (tertiary alicyclic amines) is 1. The number of benzene rings is 1. The number of allylic oxidation sites excluding steroid dienone is 1. The highest BCUT2D eigenvalue weighted by Gasteiger charge is 2.53. The Labute approximate surface area is 280 Å². The maximum Gasteiger partial charge on any atom is 0.471 e. The van der Waals surface area contributed by atoms with Crippen LogP contribution in [0.4, 0.5) is 24.5 Å². The van der Waals surface area contributed by atoms with Gasteiger partial charge in [0, 0.05) is 50.1 Å². The van der Waals surface area contributed by atoms with Gasteiger partial charge >= 0.3 is 12.1 Å². The second kappa shape index (κ2) is 13.1. The van der Waals surface area contributed by atoms with Gasteiger partial charge in [-0.1, -0.05) is 12.2 Å². The van der Waals surface area contributed by atoms with Crippen LogP contribution in [0.5, 0.6) is 0 Å². The lowest BCUT2D eigenvalue weighted by Gasteiger charge is -2.47.